The van der Waals surface area contributed by atoms with Crippen LogP contribution in [0.4, 0.5) is 5.69 Å². The molecule has 0 bridgehead atoms. The number of nitrogens with zero attached hydrogens (tertiary/aromatic N) is 1. The van der Waals surface area contributed by atoms with Gasteiger partial charge < -0.3 is 5.32 Å². The summed E-state index contributed by atoms with van der Waals surface area (Å²) < 4.78 is 0. The molecule has 0 aliphatic carbocycles. The van der Waals surface area contributed by atoms with Gasteiger partial charge in [-0.1, -0.05) is 29.3 Å². The van der Waals surface area contributed by atoms with Gasteiger partial charge in [0.2, 0.25) is 0 Å². The molecule has 2 aromatic carbocycles. The Bertz CT molecular complexity index is 725. The molecular weight excluding hydrogens is 323 g/mol. The molecule has 0 atom stereocenters. The number of halogens is 2. The topological polar surface area (TPSA) is 24.9 Å². The van der Waals surface area contributed by atoms with E-state index in [0.29, 0.717) is 16.6 Å². The molecule has 0 saturated carbocycles. The molecule has 21 heavy (non-hydrogen) atoms. The molecule has 3 aromatic rings. The van der Waals surface area contributed by atoms with E-state index >= 15 is 0 Å². The van der Waals surface area contributed by atoms with Gasteiger partial charge in [0.05, 0.1) is 0 Å². The third kappa shape index (κ3) is 3.56. The molecule has 5 heteroatoms. The van der Waals surface area contributed by atoms with E-state index < -0.39 is 0 Å². The van der Waals surface area contributed by atoms with E-state index in [-0.39, 0.29) is 0 Å². The van der Waals surface area contributed by atoms with Crippen LogP contribution in [0.5, 0.6) is 0 Å². The van der Waals surface area contributed by atoms with Gasteiger partial charge in [-0.15, -0.1) is 11.3 Å². The Morgan fingerprint density at radius 2 is 1.86 bits per heavy atom. The molecule has 1 heterocycles. The molecule has 0 unspecified atom stereocenters. The second kappa shape index (κ2) is 6.48. The summed E-state index contributed by atoms with van der Waals surface area (Å²) in [6.45, 7) is 0.659. The van der Waals surface area contributed by atoms with Crippen LogP contribution in [0.2, 0.25) is 10.0 Å². The Hall–Kier alpha value is -1.55. The lowest BCUT2D eigenvalue weighted by molar-refractivity contribution is 1.15. The lowest BCUT2D eigenvalue weighted by atomic mass is 10.2. The van der Waals surface area contributed by atoms with Crippen molar-refractivity contribution in [3.8, 4) is 10.6 Å². The number of hydrogen-bond acceptors (Lipinski definition) is 3. The van der Waals surface area contributed by atoms with Gasteiger partial charge in [-0.05, 0) is 42.0 Å². The Morgan fingerprint density at radius 1 is 1.05 bits per heavy atom. The molecule has 106 valence electrons. The fourth-order valence-corrected chi connectivity index (χ4v) is 3.08. The monoisotopic (exact) mass is 334 g/mol. The molecule has 3 rings (SSSR count). The highest BCUT2D eigenvalue weighted by molar-refractivity contribution is 7.13. The first-order valence-corrected chi connectivity index (χ1v) is 8.04. The average molecular weight is 335 g/mol. The lowest BCUT2D eigenvalue weighted by Gasteiger charge is -2.09. The molecular formula is C16H12Cl2N2S. The Morgan fingerprint density at radius 3 is 2.52 bits per heavy atom. The van der Waals surface area contributed by atoms with E-state index in [9.17, 15) is 0 Å². The molecule has 2 nitrogen and oxygen atoms in total. The van der Waals surface area contributed by atoms with Crippen molar-refractivity contribution < 1.29 is 0 Å². The van der Waals surface area contributed by atoms with Gasteiger partial charge in [0.15, 0.2) is 0 Å². The summed E-state index contributed by atoms with van der Waals surface area (Å²) in [4.78, 5) is 4.30. The van der Waals surface area contributed by atoms with E-state index in [1.807, 2.05) is 35.8 Å². The zero-order valence-corrected chi connectivity index (χ0v) is 13.3. The van der Waals surface area contributed by atoms with Crippen LogP contribution in [0.3, 0.4) is 0 Å². The highest BCUT2D eigenvalue weighted by atomic mass is 35.5. The van der Waals surface area contributed by atoms with Crippen LogP contribution in [0.25, 0.3) is 10.6 Å². The van der Waals surface area contributed by atoms with Crippen molar-refractivity contribution in [1.29, 1.82) is 0 Å². The summed E-state index contributed by atoms with van der Waals surface area (Å²) in [7, 11) is 0. The van der Waals surface area contributed by atoms with Crippen molar-refractivity contribution in [2.45, 2.75) is 6.54 Å². The highest BCUT2D eigenvalue weighted by Gasteiger charge is 2.03. The van der Waals surface area contributed by atoms with Gasteiger partial charge in [-0.3, -0.25) is 0 Å². The van der Waals surface area contributed by atoms with Crippen LogP contribution in [-0.2, 0) is 6.54 Å². The van der Waals surface area contributed by atoms with E-state index in [2.05, 4.69) is 22.4 Å². The minimum Gasteiger partial charge on any atom is -0.381 e. The molecule has 0 radical (unpaired) electrons. The third-order valence-electron chi connectivity index (χ3n) is 3.06. The second-order valence-corrected chi connectivity index (χ2v) is 6.24. The van der Waals surface area contributed by atoms with Gasteiger partial charge >= 0.3 is 0 Å². The van der Waals surface area contributed by atoms with Crippen molar-refractivity contribution in [2.24, 2.45) is 0 Å². The van der Waals surface area contributed by atoms with Gasteiger partial charge in [-0.25, -0.2) is 4.98 Å². The van der Waals surface area contributed by atoms with Gasteiger partial charge in [0.25, 0.3) is 0 Å². The van der Waals surface area contributed by atoms with E-state index in [0.717, 1.165) is 21.8 Å². The first-order chi connectivity index (χ1) is 10.2. The van der Waals surface area contributed by atoms with E-state index in [4.69, 9.17) is 23.2 Å². The normalized spacial score (nSPS) is 10.6. The summed E-state index contributed by atoms with van der Waals surface area (Å²) in [5.41, 5.74) is 3.19. The van der Waals surface area contributed by atoms with Gasteiger partial charge in [0, 0.05) is 39.4 Å². The van der Waals surface area contributed by atoms with Crippen LogP contribution in [0.15, 0.2) is 54.0 Å². The Kier molecular flexibility index (Phi) is 4.44. The van der Waals surface area contributed by atoms with Crippen LogP contribution in [-0.4, -0.2) is 4.98 Å². The number of hydrogen-bond donors (Lipinski definition) is 1. The van der Waals surface area contributed by atoms with Crippen molar-refractivity contribution >= 4 is 40.2 Å². The first-order valence-electron chi connectivity index (χ1n) is 6.40. The summed E-state index contributed by atoms with van der Waals surface area (Å²) in [6, 6.07) is 13.7. The Labute approximate surface area is 137 Å². The fourth-order valence-electron chi connectivity index (χ4n) is 1.96. The zero-order chi connectivity index (χ0) is 14.7. The maximum absolute atomic E-state index is 6.16. The third-order valence-corrected chi connectivity index (χ3v) is 4.47. The summed E-state index contributed by atoms with van der Waals surface area (Å²) in [6.07, 6.45) is 1.81. The largest absolute Gasteiger partial charge is 0.381 e. The average Bonchev–Trinajstić information content (AvgIpc) is 3.01. The standard InChI is InChI=1S/C16H12Cl2N2S/c17-13-4-1-12(15(18)9-13)10-20-14-5-2-11(3-6-14)16-19-7-8-21-16/h1-9,20H,10H2. The maximum atomic E-state index is 6.16. The molecule has 0 saturated heterocycles. The van der Waals surface area contributed by atoms with Crippen molar-refractivity contribution in [3.63, 3.8) is 0 Å². The molecule has 0 amide bonds. The van der Waals surface area contributed by atoms with Crippen LogP contribution in [0, 0.1) is 0 Å². The van der Waals surface area contributed by atoms with Crippen LogP contribution < -0.4 is 5.32 Å². The maximum Gasteiger partial charge on any atom is 0.123 e. The molecule has 1 N–H and O–H groups in total. The number of rotatable bonds is 4. The predicted molar refractivity (Wildman–Crippen MR) is 91.3 cm³/mol. The smallest absolute Gasteiger partial charge is 0.123 e. The summed E-state index contributed by atoms with van der Waals surface area (Å²) in [5.74, 6) is 0. The number of benzene rings is 2. The first kappa shape index (κ1) is 14.4. The number of anilines is 1. The van der Waals surface area contributed by atoms with Gasteiger partial charge in [-0.2, -0.15) is 0 Å². The molecule has 0 fully saturated rings. The lowest BCUT2D eigenvalue weighted by Crippen LogP contribution is -1.99. The summed E-state index contributed by atoms with van der Waals surface area (Å²) >= 11 is 13.7. The molecule has 0 aliphatic heterocycles. The van der Waals surface area contributed by atoms with Crippen LogP contribution in [0.1, 0.15) is 5.56 Å². The second-order valence-electron chi connectivity index (χ2n) is 4.50. The molecule has 0 spiro atoms. The fraction of sp³-hybridized carbons (Fsp3) is 0.0625. The zero-order valence-electron chi connectivity index (χ0n) is 11.0. The highest BCUT2D eigenvalue weighted by Crippen LogP contribution is 2.25. The van der Waals surface area contributed by atoms with E-state index in [1.54, 1.807) is 17.4 Å². The number of aromatic nitrogens is 1. The SMILES string of the molecule is Clc1ccc(CNc2ccc(-c3nccs3)cc2)c(Cl)c1. The number of nitrogens with one attached hydrogen (secondary N) is 1. The quantitative estimate of drug-likeness (QED) is 0.659. The summed E-state index contributed by atoms with van der Waals surface area (Å²) in [5, 5.41) is 7.68. The minimum absolute atomic E-state index is 0.650. The van der Waals surface area contributed by atoms with E-state index in [1.165, 1.54) is 0 Å². The number of thiazole rings is 1. The van der Waals surface area contributed by atoms with Crippen molar-refractivity contribution in [3.05, 3.63) is 69.7 Å². The minimum atomic E-state index is 0.650. The Balaban J connectivity index is 1.68. The molecule has 0 aliphatic rings. The van der Waals surface area contributed by atoms with Gasteiger partial charge in [0.1, 0.15) is 5.01 Å². The van der Waals surface area contributed by atoms with Crippen molar-refractivity contribution in [2.75, 3.05) is 5.32 Å². The van der Waals surface area contributed by atoms with Crippen molar-refractivity contribution in [1.82, 2.24) is 4.98 Å². The van der Waals surface area contributed by atoms with Crippen LogP contribution >= 0.6 is 34.5 Å². The predicted octanol–water partition coefficient (Wildman–Crippen LogP) is 5.73. The molecule has 1 aromatic heterocycles.